The number of carbonyl (C=O) groups excluding carboxylic acids is 2. The molecule has 146 valence electrons. The van der Waals surface area contributed by atoms with Crippen LogP contribution in [-0.4, -0.2) is 60.4 Å². The van der Waals surface area contributed by atoms with Gasteiger partial charge in [-0.25, -0.2) is 0 Å². The lowest BCUT2D eigenvalue weighted by molar-refractivity contribution is -0.133. The van der Waals surface area contributed by atoms with E-state index in [1.54, 1.807) is 4.90 Å². The molecule has 5 heteroatoms. The van der Waals surface area contributed by atoms with Gasteiger partial charge in [0, 0.05) is 44.1 Å². The second-order valence-electron chi connectivity index (χ2n) is 8.68. The first-order chi connectivity index (χ1) is 13.0. The lowest BCUT2D eigenvalue weighted by atomic mass is 9.93. The van der Waals surface area contributed by atoms with Crippen LogP contribution in [0.3, 0.4) is 0 Å². The van der Waals surface area contributed by atoms with E-state index in [2.05, 4.69) is 41.4 Å². The molecule has 3 fully saturated rings. The van der Waals surface area contributed by atoms with Gasteiger partial charge in [0.1, 0.15) is 0 Å². The van der Waals surface area contributed by atoms with Crippen LogP contribution in [0, 0.1) is 6.92 Å². The number of hydrogen-bond donors (Lipinski definition) is 1. The first kappa shape index (κ1) is 18.5. The number of nitrogens with zero attached hydrogens (tertiary/aromatic N) is 2. The van der Waals surface area contributed by atoms with Crippen molar-refractivity contribution in [3.05, 3.63) is 35.4 Å². The zero-order valence-corrected chi connectivity index (χ0v) is 16.4. The maximum absolute atomic E-state index is 12.2. The Kier molecular flexibility index (Phi) is 5.22. The van der Waals surface area contributed by atoms with Crippen LogP contribution in [0.25, 0.3) is 0 Å². The lowest BCUT2D eigenvalue weighted by Gasteiger charge is -2.35. The predicted octanol–water partition coefficient (Wildman–Crippen LogP) is 2.23. The molecule has 0 bridgehead atoms. The Morgan fingerprint density at radius 1 is 1.15 bits per heavy atom. The van der Waals surface area contributed by atoms with Crippen molar-refractivity contribution in [2.75, 3.05) is 32.7 Å². The van der Waals surface area contributed by atoms with Crippen LogP contribution in [0.5, 0.6) is 0 Å². The van der Waals surface area contributed by atoms with Crippen LogP contribution in [0.1, 0.15) is 49.7 Å². The number of benzene rings is 1. The molecule has 3 aliphatic rings. The van der Waals surface area contributed by atoms with Gasteiger partial charge in [0.2, 0.25) is 11.8 Å². The fourth-order valence-electron chi connectivity index (χ4n) is 4.58. The third-order valence-electron chi connectivity index (χ3n) is 6.50. The van der Waals surface area contributed by atoms with Crippen molar-refractivity contribution in [1.29, 1.82) is 0 Å². The van der Waals surface area contributed by atoms with Gasteiger partial charge in [0.05, 0.1) is 6.54 Å². The topological polar surface area (TPSA) is 52.7 Å². The second kappa shape index (κ2) is 7.63. The number of aryl methyl sites for hydroxylation is 1. The highest BCUT2D eigenvalue weighted by Crippen LogP contribution is 2.49. The molecular formula is C22H31N3O2. The molecule has 0 aromatic heterocycles. The Balaban J connectivity index is 1.23. The van der Waals surface area contributed by atoms with Crippen LogP contribution in [0.4, 0.5) is 0 Å². The van der Waals surface area contributed by atoms with Gasteiger partial charge in [-0.05, 0) is 44.6 Å². The van der Waals surface area contributed by atoms with E-state index in [4.69, 9.17) is 0 Å². The number of rotatable bonds is 6. The fourth-order valence-corrected chi connectivity index (χ4v) is 4.58. The van der Waals surface area contributed by atoms with Crippen LogP contribution in [0.15, 0.2) is 24.3 Å². The van der Waals surface area contributed by atoms with Crippen LogP contribution in [-0.2, 0) is 15.0 Å². The van der Waals surface area contributed by atoms with Crippen molar-refractivity contribution in [2.24, 2.45) is 0 Å². The van der Waals surface area contributed by atoms with Gasteiger partial charge < -0.3 is 15.1 Å². The molecular weight excluding hydrogens is 338 g/mol. The second-order valence-corrected chi connectivity index (χ2v) is 8.68. The maximum atomic E-state index is 12.2. The molecule has 2 saturated heterocycles. The maximum Gasteiger partial charge on any atom is 0.239 e. The van der Waals surface area contributed by atoms with E-state index in [0.29, 0.717) is 11.8 Å². The van der Waals surface area contributed by atoms with E-state index in [9.17, 15) is 9.59 Å². The Morgan fingerprint density at radius 2 is 1.85 bits per heavy atom. The van der Waals surface area contributed by atoms with Crippen molar-refractivity contribution in [3.8, 4) is 0 Å². The molecule has 27 heavy (non-hydrogen) atoms. The van der Waals surface area contributed by atoms with Gasteiger partial charge in [-0.2, -0.15) is 0 Å². The summed E-state index contributed by atoms with van der Waals surface area (Å²) in [5, 5.41) is 3.14. The number of piperidine rings is 1. The number of carbonyl (C=O) groups is 2. The normalized spacial score (nSPS) is 22.9. The molecule has 1 aromatic carbocycles. The molecule has 1 saturated carbocycles. The summed E-state index contributed by atoms with van der Waals surface area (Å²) in [7, 11) is 0. The Labute approximate surface area is 162 Å². The van der Waals surface area contributed by atoms with Gasteiger partial charge in [0.25, 0.3) is 0 Å². The van der Waals surface area contributed by atoms with Crippen molar-refractivity contribution in [1.82, 2.24) is 15.1 Å². The zero-order valence-electron chi connectivity index (χ0n) is 16.4. The molecule has 1 aromatic rings. The third kappa shape index (κ3) is 4.34. The van der Waals surface area contributed by atoms with E-state index in [0.717, 1.165) is 45.4 Å². The largest absolute Gasteiger partial charge is 0.352 e. The standard InChI is InChI=1S/C22H31N3O2/c1-17-4-6-18(7-5-17)22(10-11-22)16-24-13-8-19(9-14-24)23-20(26)15-25-12-2-3-21(25)27/h4-7,19H,2-3,8-16H2,1H3,(H,23,26). The van der Waals surface area contributed by atoms with E-state index >= 15 is 0 Å². The summed E-state index contributed by atoms with van der Waals surface area (Å²) < 4.78 is 0. The highest BCUT2D eigenvalue weighted by Gasteiger charge is 2.45. The summed E-state index contributed by atoms with van der Waals surface area (Å²) in [5.41, 5.74) is 3.17. The highest BCUT2D eigenvalue weighted by molar-refractivity contribution is 5.85. The zero-order chi connectivity index (χ0) is 18.9. The number of amides is 2. The molecule has 2 aliphatic heterocycles. The van der Waals surface area contributed by atoms with E-state index < -0.39 is 0 Å². The number of likely N-dealkylation sites (tertiary alicyclic amines) is 2. The number of nitrogens with one attached hydrogen (secondary N) is 1. The van der Waals surface area contributed by atoms with Crippen molar-refractivity contribution in [3.63, 3.8) is 0 Å². The summed E-state index contributed by atoms with van der Waals surface area (Å²) >= 11 is 0. The van der Waals surface area contributed by atoms with Crippen LogP contribution >= 0.6 is 0 Å². The van der Waals surface area contributed by atoms with Crippen molar-refractivity contribution in [2.45, 2.75) is 56.9 Å². The molecule has 0 spiro atoms. The molecule has 0 unspecified atom stereocenters. The summed E-state index contributed by atoms with van der Waals surface area (Å²) in [5.74, 6) is 0.118. The molecule has 1 N–H and O–H groups in total. The molecule has 0 radical (unpaired) electrons. The molecule has 0 atom stereocenters. The lowest BCUT2D eigenvalue weighted by Crippen LogP contribution is -2.48. The first-order valence-electron chi connectivity index (χ1n) is 10.4. The molecule has 4 rings (SSSR count). The average molecular weight is 370 g/mol. The minimum atomic E-state index is 0.00187. The van der Waals surface area contributed by atoms with Crippen molar-refractivity contribution >= 4 is 11.8 Å². The monoisotopic (exact) mass is 369 g/mol. The fraction of sp³-hybridized carbons (Fsp3) is 0.636. The Bertz CT molecular complexity index is 688. The Morgan fingerprint density at radius 3 is 2.44 bits per heavy atom. The highest BCUT2D eigenvalue weighted by atomic mass is 16.2. The molecule has 2 amide bonds. The summed E-state index contributed by atoms with van der Waals surface area (Å²) in [6.07, 6.45) is 6.06. The van der Waals surface area contributed by atoms with Gasteiger partial charge in [-0.3, -0.25) is 9.59 Å². The van der Waals surface area contributed by atoms with E-state index in [1.807, 2.05) is 0 Å². The first-order valence-corrected chi connectivity index (χ1v) is 10.4. The van der Waals surface area contributed by atoms with Gasteiger partial charge in [-0.1, -0.05) is 29.8 Å². The van der Waals surface area contributed by atoms with E-state index in [-0.39, 0.29) is 24.4 Å². The summed E-state index contributed by atoms with van der Waals surface area (Å²) in [4.78, 5) is 28.1. The molecule has 2 heterocycles. The van der Waals surface area contributed by atoms with Crippen LogP contribution < -0.4 is 5.32 Å². The van der Waals surface area contributed by atoms with Crippen molar-refractivity contribution < 1.29 is 9.59 Å². The SMILES string of the molecule is Cc1ccc(C2(CN3CCC(NC(=O)CN4CCCC4=O)CC3)CC2)cc1. The smallest absolute Gasteiger partial charge is 0.239 e. The predicted molar refractivity (Wildman–Crippen MR) is 106 cm³/mol. The van der Waals surface area contributed by atoms with Gasteiger partial charge >= 0.3 is 0 Å². The minimum absolute atomic E-state index is 0.00187. The number of hydrogen-bond acceptors (Lipinski definition) is 3. The molecule has 1 aliphatic carbocycles. The summed E-state index contributed by atoms with van der Waals surface area (Å²) in [6, 6.07) is 9.30. The average Bonchev–Trinajstić information content (AvgIpc) is 3.33. The van der Waals surface area contributed by atoms with Crippen LogP contribution in [0.2, 0.25) is 0 Å². The quantitative estimate of drug-likeness (QED) is 0.837. The molecule has 5 nitrogen and oxygen atoms in total. The minimum Gasteiger partial charge on any atom is -0.352 e. The Hall–Kier alpha value is -1.88. The summed E-state index contributed by atoms with van der Waals surface area (Å²) in [6.45, 7) is 6.32. The van der Waals surface area contributed by atoms with Gasteiger partial charge in [0.15, 0.2) is 0 Å². The van der Waals surface area contributed by atoms with E-state index in [1.165, 1.54) is 24.0 Å². The third-order valence-corrected chi connectivity index (χ3v) is 6.50. The van der Waals surface area contributed by atoms with Gasteiger partial charge in [-0.15, -0.1) is 0 Å².